The zero-order valence-electron chi connectivity index (χ0n) is 9.24. The quantitative estimate of drug-likeness (QED) is 0.621. The molecule has 0 aromatic carbocycles. The van der Waals surface area contributed by atoms with Crippen LogP contribution in [0.2, 0.25) is 0 Å². The summed E-state index contributed by atoms with van der Waals surface area (Å²) >= 11 is 0. The first-order valence-electron chi connectivity index (χ1n) is 4.85. The molecule has 0 atom stereocenters. The van der Waals surface area contributed by atoms with Gasteiger partial charge < -0.3 is 4.90 Å². The van der Waals surface area contributed by atoms with Gasteiger partial charge in [0.25, 0.3) is 0 Å². The minimum absolute atomic E-state index is 0.133. The van der Waals surface area contributed by atoms with Crippen molar-refractivity contribution in [3.8, 4) is 0 Å². The highest BCUT2D eigenvalue weighted by Gasteiger charge is 2.18. The van der Waals surface area contributed by atoms with E-state index in [0.29, 0.717) is 0 Å². The summed E-state index contributed by atoms with van der Waals surface area (Å²) in [5.41, 5.74) is 0. The van der Waals surface area contributed by atoms with E-state index in [1.165, 1.54) is 0 Å². The summed E-state index contributed by atoms with van der Waals surface area (Å²) in [6.07, 6.45) is 2.45. The molecule has 0 aromatic heterocycles. The Hall–Kier alpha value is -0.860. The summed E-state index contributed by atoms with van der Waals surface area (Å²) in [7, 11) is 0. The number of amides is 2. The molecule has 0 aliphatic heterocycles. The topological polar surface area (TPSA) is 32.7 Å². The number of urea groups is 1. The lowest BCUT2D eigenvalue weighted by Crippen LogP contribution is -2.40. The number of rotatable bonds is 3. The van der Waals surface area contributed by atoms with Gasteiger partial charge in [0, 0.05) is 18.3 Å². The van der Waals surface area contributed by atoms with Gasteiger partial charge >= 0.3 is 6.03 Å². The van der Waals surface area contributed by atoms with Gasteiger partial charge in [0.15, 0.2) is 0 Å². The van der Waals surface area contributed by atoms with E-state index in [0.717, 1.165) is 6.42 Å². The Morgan fingerprint density at radius 1 is 1.31 bits per heavy atom. The Morgan fingerprint density at radius 2 is 1.77 bits per heavy atom. The molecule has 0 saturated heterocycles. The van der Waals surface area contributed by atoms with Crippen molar-refractivity contribution < 1.29 is 4.79 Å². The summed E-state index contributed by atoms with van der Waals surface area (Å²) in [6, 6.07) is 0.287. The Morgan fingerprint density at radius 3 is 2.08 bits per heavy atom. The fraction of sp³-hybridized carbons (Fsp3) is 0.800. The van der Waals surface area contributed by atoms with Gasteiger partial charge in [0.2, 0.25) is 0 Å². The molecule has 0 N–H and O–H groups in total. The minimum Gasteiger partial charge on any atom is -0.318 e. The maximum atomic E-state index is 11.5. The monoisotopic (exact) mass is 184 g/mol. The highest BCUT2D eigenvalue weighted by atomic mass is 16.2. The number of carbonyl (C=O) groups excluding carboxylic acids is 1. The van der Waals surface area contributed by atoms with Gasteiger partial charge in [-0.15, -0.1) is 0 Å². The molecule has 0 aliphatic carbocycles. The van der Waals surface area contributed by atoms with Crippen molar-refractivity contribution in [2.75, 3.05) is 0 Å². The van der Waals surface area contributed by atoms with Crippen molar-refractivity contribution >= 4 is 12.2 Å². The molecule has 0 saturated carbocycles. The van der Waals surface area contributed by atoms with E-state index in [1.807, 2.05) is 34.6 Å². The van der Waals surface area contributed by atoms with Gasteiger partial charge in [-0.3, -0.25) is 0 Å². The van der Waals surface area contributed by atoms with Gasteiger partial charge in [0.1, 0.15) is 0 Å². The molecule has 0 spiro atoms. The minimum atomic E-state index is -0.133. The van der Waals surface area contributed by atoms with Crippen LogP contribution < -0.4 is 0 Å². The predicted molar refractivity (Wildman–Crippen MR) is 56.3 cm³/mol. The van der Waals surface area contributed by atoms with Crippen LogP contribution in [0, 0.1) is 0 Å². The summed E-state index contributed by atoms with van der Waals surface area (Å²) in [6.45, 7) is 9.96. The lowest BCUT2D eigenvalue weighted by molar-refractivity contribution is 0.175. The maximum absolute atomic E-state index is 11.5. The van der Waals surface area contributed by atoms with Gasteiger partial charge in [0.05, 0.1) is 0 Å². The molecule has 3 heteroatoms. The zero-order chi connectivity index (χ0) is 10.4. The molecule has 2 amide bonds. The maximum Gasteiger partial charge on any atom is 0.343 e. The molecule has 0 fully saturated rings. The summed E-state index contributed by atoms with van der Waals surface area (Å²) in [5, 5.41) is 0. The number of hydrogen-bond donors (Lipinski definition) is 0. The van der Waals surface area contributed by atoms with Crippen molar-refractivity contribution in [2.24, 2.45) is 4.99 Å². The van der Waals surface area contributed by atoms with Crippen molar-refractivity contribution in [3.63, 3.8) is 0 Å². The highest BCUT2D eigenvalue weighted by molar-refractivity contribution is 5.83. The smallest absolute Gasteiger partial charge is 0.318 e. The molecule has 0 aromatic rings. The van der Waals surface area contributed by atoms with Crippen LogP contribution in [0.5, 0.6) is 0 Å². The third-order valence-corrected chi connectivity index (χ3v) is 1.72. The van der Waals surface area contributed by atoms with Crippen LogP contribution in [0.4, 0.5) is 4.79 Å². The zero-order valence-corrected chi connectivity index (χ0v) is 9.24. The molecule has 0 bridgehead atoms. The molecule has 76 valence electrons. The van der Waals surface area contributed by atoms with Crippen LogP contribution in [-0.2, 0) is 0 Å². The second-order valence-corrected chi connectivity index (χ2v) is 3.60. The van der Waals surface area contributed by atoms with E-state index in [4.69, 9.17) is 0 Å². The summed E-state index contributed by atoms with van der Waals surface area (Å²) in [5.74, 6) is 0. The third kappa shape index (κ3) is 4.06. The van der Waals surface area contributed by atoms with E-state index in [1.54, 1.807) is 11.1 Å². The van der Waals surface area contributed by atoms with E-state index < -0.39 is 0 Å². The van der Waals surface area contributed by atoms with Crippen molar-refractivity contribution in [3.05, 3.63) is 0 Å². The molecule has 0 aliphatic rings. The van der Waals surface area contributed by atoms with Gasteiger partial charge in [-0.05, 0) is 34.1 Å². The van der Waals surface area contributed by atoms with E-state index in [9.17, 15) is 4.79 Å². The van der Waals surface area contributed by atoms with Crippen LogP contribution in [0.3, 0.4) is 0 Å². The second-order valence-electron chi connectivity index (χ2n) is 3.60. The molecule has 0 radical (unpaired) electrons. The number of nitrogens with zero attached hydrogens (tertiary/aromatic N) is 2. The fourth-order valence-electron chi connectivity index (χ4n) is 1.27. The first kappa shape index (κ1) is 12.1. The highest BCUT2D eigenvalue weighted by Crippen LogP contribution is 2.06. The predicted octanol–water partition coefficient (Wildman–Crippen LogP) is 2.71. The number of hydrogen-bond acceptors (Lipinski definition) is 1. The molecule has 3 nitrogen and oxygen atoms in total. The molecule has 13 heavy (non-hydrogen) atoms. The van der Waals surface area contributed by atoms with Crippen molar-refractivity contribution in [2.45, 2.75) is 53.1 Å². The molecule has 0 heterocycles. The van der Waals surface area contributed by atoms with Crippen molar-refractivity contribution in [1.82, 2.24) is 4.90 Å². The van der Waals surface area contributed by atoms with E-state index >= 15 is 0 Å². The van der Waals surface area contributed by atoms with E-state index in [-0.39, 0.29) is 18.1 Å². The van der Waals surface area contributed by atoms with Crippen LogP contribution in [0.1, 0.15) is 41.0 Å². The van der Waals surface area contributed by atoms with Gasteiger partial charge in [-0.1, -0.05) is 6.92 Å². The molecular formula is C10H20N2O. The first-order chi connectivity index (χ1) is 6.00. The lowest BCUT2D eigenvalue weighted by Gasteiger charge is -2.28. The first-order valence-corrected chi connectivity index (χ1v) is 4.85. The summed E-state index contributed by atoms with van der Waals surface area (Å²) in [4.78, 5) is 17.1. The van der Waals surface area contributed by atoms with Crippen molar-refractivity contribution in [1.29, 1.82) is 0 Å². The number of carbonyl (C=O) groups is 1. The number of aliphatic imine (C=N–C) groups is 1. The van der Waals surface area contributed by atoms with Crippen LogP contribution in [0.15, 0.2) is 4.99 Å². The fourth-order valence-corrected chi connectivity index (χ4v) is 1.27. The SMILES string of the molecule is CC/C=N/C(=O)N(C(C)C)C(C)C. The Bertz CT molecular complexity index is 177. The van der Waals surface area contributed by atoms with Gasteiger partial charge in [-0.2, -0.15) is 0 Å². The normalized spacial score (nSPS) is 11.6. The average Bonchev–Trinajstić information content (AvgIpc) is 1.99. The second kappa shape index (κ2) is 5.73. The third-order valence-electron chi connectivity index (χ3n) is 1.72. The molecule has 0 rings (SSSR count). The Kier molecular flexibility index (Phi) is 5.35. The van der Waals surface area contributed by atoms with Crippen LogP contribution in [-0.4, -0.2) is 29.2 Å². The molecule has 0 unspecified atom stereocenters. The lowest BCUT2D eigenvalue weighted by atomic mass is 10.2. The molecular weight excluding hydrogens is 164 g/mol. The van der Waals surface area contributed by atoms with Crippen LogP contribution >= 0.6 is 0 Å². The van der Waals surface area contributed by atoms with Crippen LogP contribution in [0.25, 0.3) is 0 Å². The average molecular weight is 184 g/mol. The van der Waals surface area contributed by atoms with Gasteiger partial charge in [-0.25, -0.2) is 9.79 Å². The summed E-state index contributed by atoms with van der Waals surface area (Å²) < 4.78 is 0. The van der Waals surface area contributed by atoms with E-state index in [2.05, 4.69) is 4.99 Å². The largest absolute Gasteiger partial charge is 0.343 e. The Labute approximate surface area is 80.8 Å². The Balaban J connectivity index is 4.38. The standard InChI is InChI=1S/C10H20N2O/c1-6-7-11-10(13)12(8(2)3)9(4)5/h7-9H,6H2,1-5H3/b11-7+.